The predicted molar refractivity (Wildman–Crippen MR) is 117 cm³/mol. The van der Waals surface area contributed by atoms with E-state index < -0.39 is 0 Å². The van der Waals surface area contributed by atoms with Crippen molar-refractivity contribution in [1.82, 2.24) is 15.5 Å². The highest BCUT2D eigenvalue weighted by molar-refractivity contribution is 7.11. The molecule has 1 unspecified atom stereocenters. The van der Waals surface area contributed by atoms with Crippen molar-refractivity contribution in [2.75, 3.05) is 32.7 Å². The van der Waals surface area contributed by atoms with Gasteiger partial charge in [0.1, 0.15) is 0 Å². The van der Waals surface area contributed by atoms with Gasteiger partial charge in [0, 0.05) is 35.9 Å². The first-order chi connectivity index (χ1) is 13.2. The second-order valence-electron chi connectivity index (χ2n) is 7.28. The van der Waals surface area contributed by atoms with Crippen LogP contribution in [0.3, 0.4) is 0 Å². The number of hydrogen-bond donors (Lipinski definition) is 2. The zero-order chi connectivity index (χ0) is 18.9. The van der Waals surface area contributed by atoms with Gasteiger partial charge in [-0.3, -0.25) is 0 Å². The minimum absolute atomic E-state index is 0.702. The Kier molecular flexibility index (Phi) is 7.72. The van der Waals surface area contributed by atoms with Gasteiger partial charge in [-0.15, -0.1) is 11.3 Å². The van der Waals surface area contributed by atoms with Gasteiger partial charge in [-0.1, -0.05) is 30.3 Å². The molecule has 1 aromatic heterocycles. The molecule has 27 heavy (non-hydrogen) atoms. The third-order valence-corrected chi connectivity index (χ3v) is 6.01. The zero-order valence-corrected chi connectivity index (χ0v) is 17.4. The Morgan fingerprint density at radius 1 is 1.19 bits per heavy atom. The lowest BCUT2D eigenvalue weighted by atomic mass is 10.1. The zero-order valence-electron chi connectivity index (χ0n) is 16.6. The Bertz CT molecular complexity index is 710. The van der Waals surface area contributed by atoms with Crippen molar-refractivity contribution in [2.45, 2.75) is 33.2 Å². The third-order valence-electron chi connectivity index (χ3n) is 5.02. The van der Waals surface area contributed by atoms with Crippen molar-refractivity contribution >= 4 is 17.3 Å². The lowest BCUT2D eigenvalue weighted by Gasteiger charge is -2.17. The van der Waals surface area contributed by atoms with E-state index in [-0.39, 0.29) is 0 Å². The average molecular weight is 385 g/mol. The van der Waals surface area contributed by atoms with Gasteiger partial charge in [-0.25, -0.2) is 4.99 Å². The quantitative estimate of drug-likeness (QED) is 0.539. The monoisotopic (exact) mass is 384 g/mol. The number of hydrogen-bond acceptors (Lipinski definition) is 3. The van der Waals surface area contributed by atoms with Crippen LogP contribution in [-0.2, 0) is 13.0 Å². The normalized spacial score (nSPS) is 18.0. The van der Waals surface area contributed by atoms with Gasteiger partial charge in [-0.2, -0.15) is 0 Å². The van der Waals surface area contributed by atoms with E-state index in [9.17, 15) is 0 Å². The van der Waals surface area contributed by atoms with Crippen LogP contribution in [-0.4, -0.2) is 43.6 Å². The summed E-state index contributed by atoms with van der Waals surface area (Å²) in [6, 6.07) is 15.1. The summed E-state index contributed by atoms with van der Waals surface area (Å²) in [6.45, 7) is 10.5. The summed E-state index contributed by atoms with van der Waals surface area (Å²) < 4.78 is 0. The summed E-state index contributed by atoms with van der Waals surface area (Å²) >= 11 is 1.83. The van der Waals surface area contributed by atoms with Crippen molar-refractivity contribution in [3.63, 3.8) is 0 Å². The molecule has 4 nitrogen and oxygen atoms in total. The van der Waals surface area contributed by atoms with Crippen molar-refractivity contribution < 1.29 is 0 Å². The minimum atomic E-state index is 0.702. The van der Waals surface area contributed by atoms with E-state index in [1.165, 1.54) is 34.8 Å². The second-order valence-corrected chi connectivity index (χ2v) is 8.65. The molecule has 0 aliphatic carbocycles. The SMILES string of the molecule is CCNC(=NCc1ccc(C)s1)NCC1CCN(CCc2ccccc2)C1. The number of benzene rings is 1. The van der Waals surface area contributed by atoms with Gasteiger partial charge in [0.25, 0.3) is 0 Å². The molecule has 1 atom stereocenters. The van der Waals surface area contributed by atoms with Gasteiger partial charge in [-0.05, 0) is 56.8 Å². The fourth-order valence-electron chi connectivity index (χ4n) is 3.52. The number of nitrogens with one attached hydrogen (secondary N) is 2. The van der Waals surface area contributed by atoms with Crippen LogP contribution in [0.4, 0.5) is 0 Å². The molecule has 0 bridgehead atoms. The molecule has 146 valence electrons. The van der Waals surface area contributed by atoms with Gasteiger partial charge in [0.15, 0.2) is 5.96 Å². The fraction of sp³-hybridized carbons (Fsp3) is 0.500. The van der Waals surface area contributed by atoms with Gasteiger partial charge >= 0.3 is 0 Å². The highest BCUT2D eigenvalue weighted by Gasteiger charge is 2.22. The van der Waals surface area contributed by atoms with Crippen LogP contribution in [0.1, 0.15) is 28.7 Å². The first-order valence-electron chi connectivity index (χ1n) is 10.1. The first-order valence-corrected chi connectivity index (χ1v) is 10.9. The molecule has 2 aromatic rings. The number of rotatable bonds is 8. The largest absolute Gasteiger partial charge is 0.357 e. The Hall–Kier alpha value is -1.85. The Morgan fingerprint density at radius 3 is 2.78 bits per heavy atom. The molecule has 5 heteroatoms. The third kappa shape index (κ3) is 6.67. The highest BCUT2D eigenvalue weighted by Crippen LogP contribution is 2.17. The molecule has 1 aromatic carbocycles. The number of guanidine groups is 1. The summed E-state index contributed by atoms with van der Waals surface area (Å²) in [7, 11) is 0. The van der Waals surface area contributed by atoms with Crippen LogP contribution in [0.25, 0.3) is 0 Å². The molecular formula is C22H32N4S. The predicted octanol–water partition coefficient (Wildman–Crippen LogP) is 3.68. The van der Waals surface area contributed by atoms with E-state index in [0.717, 1.165) is 38.6 Å². The average Bonchev–Trinajstić information content (AvgIpc) is 3.32. The Labute approximate surface area is 167 Å². The van der Waals surface area contributed by atoms with Crippen molar-refractivity contribution in [2.24, 2.45) is 10.9 Å². The molecule has 0 spiro atoms. The van der Waals surface area contributed by atoms with Crippen molar-refractivity contribution in [3.05, 3.63) is 57.8 Å². The Morgan fingerprint density at radius 2 is 2.04 bits per heavy atom. The van der Waals surface area contributed by atoms with Crippen LogP contribution in [0.2, 0.25) is 0 Å². The number of aryl methyl sites for hydroxylation is 1. The van der Waals surface area contributed by atoms with Gasteiger partial charge in [0.2, 0.25) is 0 Å². The summed E-state index contributed by atoms with van der Waals surface area (Å²) in [5.74, 6) is 1.64. The van der Waals surface area contributed by atoms with Crippen LogP contribution < -0.4 is 10.6 Å². The molecule has 1 fully saturated rings. The Balaban J connectivity index is 1.41. The molecule has 3 rings (SSSR count). The van der Waals surface area contributed by atoms with Crippen LogP contribution in [0.15, 0.2) is 47.5 Å². The van der Waals surface area contributed by atoms with E-state index >= 15 is 0 Å². The minimum Gasteiger partial charge on any atom is -0.357 e. The van der Waals surface area contributed by atoms with E-state index in [1.807, 2.05) is 11.3 Å². The number of aliphatic imine (C=N–C) groups is 1. The number of nitrogens with zero attached hydrogens (tertiary/aromatic N) is 2. The molecule has 2 N–H and O–H groups in total. The van der Waals surface area contributed by atoms with E-state index in [2.05, 4.69) is 71.8 Å². The maximum atomic E-state index is 4.74. The molecule has 2 heterocycles. The molecule has 1 aliphatic rings. The second kappa shape index (κ2) is 10.5. The van der Waals surface area contributed by atoms with Gasteiger partial charge in [0.05, 0.1) is 6.54 Å². The lowest BCUT2D eigenvalue weighted by molar-refractivity contribution is 0.328. The van der Waals surface area contributed by atoms with Crippen LogP contribution in [0, 0.1) is 12.8 Å². The van der Waals surface area contributed by atoms with Crippen LogP contribution >= 0.6 is 11.3 Å². The van der Waals surface area contributed by atoms with E-state index in [1.54, 1.807) is 0 Å². The summed E-state index contributed by atoms with van der Waals surface area (Å²) in [5.41, 5.74) is 1.43. The summed E-state index contributed by atoms with van der Waals surface area (Å²) in [5, 5.41) is 6.92. The smallest absolute Gasteiger partial charge is 0.191 e. The van der Waals surface area contributed by atoms with E-state index in [0.29, 0.717) is 5.92 Å². The molecule has 1 aliphatic heterocycles. The van der Waals surface area contributed by atoms with Gasteiger partial charge < -0.3 is 15.5 Å². The lowest BCUT2D eigenvalue weighted by Crippen LogP contribution is -2.40. The number of thiophene rings is 1. The van der Waals surface area contributed by atoms with Crippen molar-refractivity contribution in [1.29, 1.82) is 0 Å². The highest BCUT2D eigenvalue weighted by atomic mass is 32.1. The van der Waals surface area contributed by atoms with E-state index in [4.69, 9.17) is 4.99 Å². The maximum absolute atomic E-state index is 4.74. The molecule has 0 amide bonds. The number of likely N-dealkylation sites (tertiary alicyclic amines) is 1. The topological polar surface area (TPSA) is 39.7 Å². The standard InChI is InChI=1S/C22H32N4S/c1-3-23-22(25-16-21-10-9-18(2)27-21)24-15-20-12-14-26(17-20)13-11-19-7-5-4-6-8-19/h4-10,20H,3,11-17H2,1-2H3,(H2,23,24,25). The molecular weight excluding hydrogens is 352 g/mol. The summed E-state index contributed by atoms with van der Waals surface area (Å²) in [4.78, 5) is 10.0. The van der Waals surface area contributed by atoms with Crippen molar-refractivity contribution in [3.8, 4) is 0 Å². The summed E-state index contributed by atoms with van der Waals surface area (Å²) in [6.07, 6.45) is 2.41. The molecule has 0 saturated carbocycles. The molecule has 0 radical (unpaired) electrons. The first kappa shape index (κ1) is 19.9. The molecule has 1 saturated heterocycles. The van der Waals surface area contributed by atoms with Crippen LogP contribution in [0.5, 0.6) is 0 Å². The maximum Gasteiger partial charge on any atom is 0.191 e. The fourth-order valence-corrected chi connectivity index (χ4v) is 4.34.